The molecule has 0 aromatic heterocycles. The summed E-state index contributed by atoms with van der Waals surface area (Å²) in [5, 5.41) is 2.96. The van der Waals surface area contributed by atoms with E-state index >= 15 is 0 Å². The molecule has 5 nitrogen and oxygen atoms in total. The smallest absolute Gasteiger partial charge is 0.255 e. The lowest BCUT2D eigenvalue weighted by molar-refractivity contribution is -0.901. The first-order valence-corrected chi connectivity index (χ1v) is 9.11. The second-order valence-electron chi connectivity index (χ2n) is 6.70. The monoisotopic (exact) mass is 355 g/mol. The van der Waals surface area contributed by atoms with Crippen molar-refractivity contribution in [3.8, 4) is 11.5 Å². The molecule has 0 bridgehead atoms. The Labute approximate surface area is 154 Å². The summed E-state index contributed by atoms with van der Waals surface area (Å²) < 4.78 is 10.5. The first-order chi connectivity index (χ1) is 12.7. The number of methoxy groups -OCH3 is 2. The number of benzene rings is 2. The van der Waals surface area contributed by atoms with Gasteiger partial charge in [0.1, 0.15) is 18.0 Å². The summed E-state index contributed by atoms with van der Waals surface area (Å²) in [6.45, 7) is 4.14. The van der Waals surface area contributed by atoms with Gasteiger partial charge in [0.15, 0.2) is 0 Å². The first-order valence-electron chi connectivity index (χ1n) is 9.11. The minimum absolute atomic E-state index is 0.157. The molecule has 5 heteroatoms. The number of carbonyl (C=O) groups excluding carboxylic acids is 1. The van der Waals surface area contributed by atoms with Crippen molar-refractivity contribution in [1.82, 2.24) is 5.32 Å². The Hall–Kier alpha value is -2.53. The third-order valence-corrected chi connectivity index (χ3v) is 4.89. The second-order valence-corrected chi connectivity index (χ2v) is 6.70. The second kappa shape index (κ2) is 8.72. The van der Waals surface area contributed by atoms with Gasteiger partial charge in [-0.25, -0.2) is 0 Å². The van der Waals surface area contributed by atoms with Crippen molar-refractivity contribution in [2.45, 2.75) is 25.9 Å². The molecule has 2 N–H and O–H groups in total. The van der Waals surface area contributed by atoms with Gasteiger partial charge in [-0.1, -0.05) is 24.3 Å². The summed E-state index contributed by atoms with van der Waals surface area (Å²) in [5.41, 5.74) is 2.95. The van der Waals surface area contributed by atoms with Gasteiger partial charge in [-0.2, -0.15) is 0 Å². The highest BCUT2D eigenvalue weighted by molar-refractivity contribution is 5.97. The van der Waals surface area contributed by atoms with Crippen molar-refractivity contribution in [2.24, 2.45) is 0 Å². The number of carbonyl (C=O) groups is 1. The predicted molar refractivity (Wildman–Crippen MR) is 101 cm³/mol. The van der Waals surface area contributed by atoms with Crippen LogP contribution >= 0.6 is 0 Å². The third kappa shape index (κ3) is 4.55. The maximum absolute atomic E-state index is 12.5. The Morgan fingerprint density at radius 1 is 1.00 bits per heavy atom. The average Bonchev–Trinajstić information content (AvgIpc) is 3.19. The molecule has 0 aliphatic carbocycles. The molecule has 1 aliphatic rings. The van der Waals surface area contributed by atoms with E-state index in [1.54, 1.807) is 37.3 Å². The van der Waals surface area contributed by atoms with Crippen molar-refractivity contribution in [2.75, 3.05) is 27.3 Å². The molecule has 26 heavy (non-hydrogen) atoms. The van der Waals surface area contributed by atoms with Crippen LogP contribution in [0.4, 0.5) is 0 Å². The number of nitrogens with one attached hydrogen (secondary N) is 2. The van der Waals surface area contributed by atoms with Crippen molar-refractivity contribution < 1.29 is 19.2 Å². The SMILES string of the molecule is COc1ccc(C(=O)NCc2ccc(C[NH+]3CCCC3)cc2)c(OC)c1. The van der Waals surface area contributed by atoms with Gasteiger partial charge < -0.3 is 19.7 Å². The summed E-state index contributed by atoms with van der Waals surface area (Å²) in [6.07, 6.45) is 2.68. The fraction of sp³-hybridized carbons (Fsp3) is 0.381. The Morgan fingerprint density at radius 2 is 1.69 bits per heavy atom. The lowest BCUT2D eigenvalue weighted by Crippen LogP contribution is -3.08. The highest BCUT2D eigenvalue weighted by atomic mass is 16.5. The number of ether oxygens (including phenoxy) is 2. The fourth-order valence-corrected chi connectivity index (χ4v) is 3.38. The minimum Gasteiger partial charge on any atom is -0.497 e. The summed E-state index contributed by atoms with van der Waals surface area (Å²) in [7, 11) is 3.13. The van der Waals surface area contributed by atoms with Crippen LogP contribution in [0.1, 0.15) is 34.3 Å². The van der Waals surface area contributed by atoms with Crippen LogP contribution in [0.15, 0.2) is 42.5 Å². The van der Waals surface area contributed by atoms with Crippen LogP contribution in [0, 0.1) is 0 Å². The van der Waals surface area contributed by atoms with Crippen LogP contribution < -0.4 is 19.7 Å². The molecule has 1 heterocycles. The molecule has 0 unspecified atom stereocenters. The van der Waals surface area contributed by atoms with Gasteiger partial charge in [0.2, 0.25) is 0 Å². The number of quaternary nitrogens is 1. The van der Waals surface area contributed by atoms with Gasteiger partial charge in [0.25, 0.3) is 5.91 Å². The molecule has 0 saturated carbocycles. The molecule has 0 atom stereocenters. The molecular formula is C21H27N2O3+. The Balaban J connectivity index is 1.57. The zero-order valence-electron chi connectivity index (χ0n) is 15.5. The minimum atomic E-state index is -0.157. The molecular weight excluding hydrogens is 328 g/mol. The van der Waals surface area contributed by atoms with E-state index < -0.39 is 0 Å². The van der Waals surface area contributed by atoms with Crippen molar-refractivity contribution in [1.29, 1.82) is 0 Å². The number of hydrogen-bond donors (Lipinski definition) is 2. The number of likely N-dealkylation sites (tertiary alicyclic amines) is 1. The van der Waals surface area contributed by atoms with E-state index in [-0.39, 0.29) is 5.91 Å². The van der Waals surface area contributed by atoms with Crippen molar-refractivity contribution >= 4 is 5.91 Å². The van der Waals surface area contributed by atoms with Gasteiger partial charge in [-0.05, 0) is 17.7 Å². The fourth-order valence-electron chi connectivity index (χ4n) is 3.38. The van der Waals surface area contributed by atoms with Crippen LogP contribution in [-0.2, 0) is 13.1 Å². The van der Waals surface area contributed by atoms with E-state index in [0.29, 0.717) is 23.6 Å². The molecule has 138 valence electrons. The van der Waals surface area contributed by atoms with Crippen LogP contribution in [-0.4, -0.2) is 33.2 Å². The highest BCUT2D eigenvalue weighted by Crippen LogP contribution is 2.24. The Bertz CT molecular complexity index is 737. The largest absolute Gasteiger partial charge is 0.497 e. The average molecular weight is 355 g/mol. The van der Waals surface area contributed by atoms with Gasteiger partial charge in [-0.3, -0.25) is 4.79 Å². The first kappa shape index (κ1) is 18.3. The zero-order chi connectivity index (χ0) is 18.4. The van der Waals surface area contributed by atoms with Crippen LogP contribution in [0.5, 0.6) is 11.5 Å². The van der Waals surface area contributed by atoms with E-state index in [4.69, 9.17) is 9.47 Å². The van der Waals surface area contributed by atoms with Crippen LogP contribution in [0.25, 0.3) is 0 Å². The molecule has 1 amide bonds. The maximum atomic E-state index is 12.5. The number of hydrogen-bond acceptors (Lipinski definition) is 3. The van der Waals surface area contributed by atoms with Gasteiger partial charge >= 0.3 is 0 Å². The van der Waals surface area contributed by atoms with Crippen LogP contribution in [0.3, 0.4) is 0 Å². The highest BCUT2D eigenvalue weighted by Gasteiger charge is 2.16. The van der Waals surface area contributed by atoms with Gasteiger partial charge in [0.05, 0.1) is 32.9 Å². The summed E-state index contributed by atoms with van der Waals surface area (Å²) in [6, 6.07) is 13.7. The van der Waals surface area contributed by atoms with Crippen LogP contribution in [0.2, 0.25) is 0 Å². The number of amides is 1. The van der Waals surface area contributed by atoms with Gasteiger partial charge in [-0.15, -0.1) is 0 Å². The lowest BCUT2D eigenvalue weighted by atomic mass is 10.1. The van der Waals surface area contributed by atoms with E-state index in [1.807, 2.05) is 0 Å². The summed E-state index contributed by atoms with van der Waals surface area (Å²) >= 11 is 0. The summed E-state index contributed by atoms with van der Waals surface area (Å²) in [5.74, 6) is 1.01. The number of rotatable bonds is 7. The van der Waals surface area contributed by atoms with Gasteiger partial charge in [0, 0.05) is 31.0 Å². The van der Waals surface area contributed by atoms with E-state index in [2.05, 4.69) is 29.6 Å². The Kier molecular flexibility index (Phi) is 6.12. The standard InChI is InChI=1S/C21H26N2O3/c1-25-18-9-10-19(20(13-18)26-2)21(24)22-14-16-5-7-17(8-6-16)15-23-11-3-4-12-23/h5-10,13H,3-4,11-12,14-15H2,1-2H3,(H,22,24)/p+1. The molecule has 2 aromatic carbocycles. The molecule has 3 rings (SSSR count). The van der Waals surface area contributed by atoms with Crippen molar-refractivity contribution in [3.63, 3.8) is 0 Å². The Morgan fingerprint density at radius 3 is 2.35 bits per heavy atom. The predicted octanol–water partition coefficient (Wildman–Crippen LogP) is 1.81. The molecule has 1 saturated heterocycles. The van der Waals surface area contributed by atoms with E-state index in [0.717, 1.165) is 12.1 Å². The molecule has 2 aromatic rings. The van der Waals surface area contributed by atoms with E-state index in [9.17, 15) is 4.79 Å². The maximum Gasteiger partial charge on any atom is 0.255 e. The summed E-state index contributed by atoms with van der Waals surface area (Å²) in [4.78, 5) is 14.1. The third-order valence-electron chi connectivity index (χ3n) is 4.89. The van der Waals surface area contributed by atoms with Crippen molar-refractivity contribution in [3.05, 3.63) is 59.2 Å². The normalized spacial score (nSPS) is 14.2. The zero-order valence-corrected chi connectivity index (χ0v) is 15.5. The topological polar surface area (TPSA) is 52.0 Å². The van der Waals surface area contributed by atoms with E-state index in [1.165, 1.54) is 31.5 Å². The lowest BCUT2D eigenvalue weighted by Gasteiger charge is -2.13. The molecule has 1 aliphatic heterocycles. The molecule has 1 fully saturated rings. The quantitative estimate of drug-likeness (QED) is 0.797. The molecule has 0 radical (unpaired) electrons. The molecule has 0 spiro atoms.